The number of hydrogen-bond acceptors (Lipinski definition) is 5. The molecule has 0 unspecified atom stereocenters. The second kappa shape index (κ2) is 7.64. The molecule has 7 heteroatoms. The molecule has 2 aliphatic rings. The molecule has 0 saturated heterocycles. The van der Waals surface area contributed by atoms with Gasteiger partial charge in [-0.15, -0.1) is 0 Å². The summed E-state index contributed by atoms with van der Waals surface area (Å²) in [5.74, 6) is 2.15. The second-order valence-electron chi connectivity index (χ2n) is 8.19. The van der Waals surface area contributed by atoms with Crippen molar-refractivity contribution in [2.45, 2.75) is 57.2 Å². The predicted octanol–water partition coefficient (Wildman–Crippen LogP) is 3.15. The van der Waals surface area contributed by atoms with Gasteiger partial charge < -0.3 is 14.8 Å². The molecular weight excluding hydrogens is 352 g/mol. The Morgan fingerprint density at radius 1 is 1.04 bits per heavy atom. The van der Waals surface area contributed by atoms with Crippen molar-refractivity contribution in [3.8, 4) is 11.5 Å². The predicted molar refractivity (Wildman–Crippen MR) is 103 cm³/mol. The molecule has 1 saturated carbocycles. The molecular formula is C19H30N2O4S. The van der Waals surface area contributed by atoms with Gasteiger partial charge in [0.05, 0.1) is 4.75 Å². The van der Waals surface area contributed by atoms with E-state index in [-0.39, 0.29) is 6.04 Å². The van der Waals surface area contributed by atoms with Gasteiger partial charge >= 0.3 is 0 Å². The largest absolute Gasteiger partial charge is 0.486 e. The number of ether oxygens (including phenoxy) is 2. The van der Waals surface area contributed by atoms with Gasteiger partial charge in [0.2, 0.25) is 10.0 Å². The summed E-state index contributed by atoms with van der Waals surface area (Å²) in [5, 5.41) is 3.48. The molecule has 0 bridgehead atoms. The minimum atomic E-state index is -3.27. The number of sulfonamides is 1. The summed E-state index contributed by atoms with van der Waals surface area (Å²) in [6.07, 6.45) is 3.83. The van der Waals surface area contributed by atoms with E-state index in [4.69, 9.17) is 9.47 Å². The Bertz CT molecular complexity index is 720. The highest BCUT2D eigenvalue weighted by atomic mass is 32.2. The van der Waals surface area contributed by atoms with E-state index in [1.165, 1.54) is 0 Å². The van der Waals surface area contributed by atoms with Crippen LogP contribution in [0.4, 0.5) is 5.69 Å². The minimum Gasteiger partial charge on any atom is -0.486 e. The average Bonchev–Trinajstić information content (AvgIpc) is 2.60. The maximum atomic E-state index is 12.3. The Balaban J connectivity index is 1.46. The first-order chi connectivity index (χ1) is 12.2. The lowest BCUT2D eigenvalue weighted by Gasteiger charge is -2.31. The lowest BCUT2D eigenvalue weighted by atomic mass is 9.86. The van der Waals surface area contributed by atoms with Crippen molar-refractivity contribution < 1.29 is 17.9 Å². The summed E-state index contributed by atoms with van der Waals surface area (Å²) in [6.45, 7) is 7.28. The van der Waals surface area contributed by atoms with Gasteiger partial charge in [-0.1, -0.05) is 0 Å². The Morgan fingerprint density at radius 3 is 2.35 bits per heavy atom. The van der Waals surface area contributed by atoms with Crippen LogP contribution in [-0.4, -0.2) is 39.0 Å². The van der Waals surface area contributed by atoms with Crippen molar-refractivity contribution in [2.75, 3.05) is 25.1 Å². The van der Waals surface area contributed by atoms with Crippen molar-refractivity contribution in [3.63, 3.8) is 0 Å². The van der Waals surface area contributed by atoms with Crippen LogP contribution >= 0.6 is 0 Å². The first-order valence-electron chi connectivity index (χ1n) is 9.40. The highest BCUT2D eigenvalue weighted by Crippen LogP contribution is 2.33. The number of anilines is 1. The Morgan fingerprint density at radius 2 is 1.69 bits per heavy atom. The molecule has 6 nitrogen and oxygen atoms in total. The summed E-state index contributed by atoms with van der Waals surface area (Å²) in [4.78, 5) is 0. The molecule has 2 N–H and O–H groups in total. The van der Waals surface area contributed by atoms with Crippen LogP contribution in [0.2, 0.25) is 0 Å². The number of rotatable bonds is 5. The van der Waals surface area contributed by atoms with Crippen LogP contribution in [0.3, 0.4) is 0 Å². The van der Waals surface area contributed by atoms with Gasteiger partial charge in [-0.3, -0.25) is 0 Å². The van der Waals surface area contributed by atoms with Gasteiger partial charge in [-0.2, -0.15) is 0 Å². The monoisotopic (exact) mass is 382 g/mol. The molecule has 0 spiro atoms. The van der Waals surface area contributed by atoms with Gasteiger partial charge in [0.1, 0.15) is 13.2 Å². The van der Waals surface area contributed by atoms with Crippen LogP contribution in [0.1, 0.15) is 46.5 Å². The molecule has 1 aliphatic heterocycles. The molecule has 1 heterocycles. The highest BCUT2D eigenvalue weighted by molar-refractivity contribution is 7.90. The fourth-order valence-corrected chi connectivity index (χ4v) is 4.32. The summed E-state index contributed by atoms with van der Waals surface area (Å²) in [6, 6.07) is 5.99. The van der Waals surface area contributed by atoms with Crippen LogP contribution in [0.25, 0.3) is 0 Å². The standard InChI is InChI=1S/C19H30N2O4S/c1-19(2,3)26(22,23)21-15-6-4-14(5-7-15)13-20-16-8-9-17-18(12-16)25-11-10-24-17/h8-9,12,14-15,20-21H,4-7,10-11,13H2,1-3H3. The van der Waals surface area contributed by atoms with Gasteiger partial charge in [0.25, 0.3) is 0 Å². The molecule has 3 rings (SSSR count). The zero-order chi connectivity index (χ0) is 18.8. The number of fused-ring (bicyclic) bond motifs is 1. The second-order valence-corrected chi connectivity index (χ2v) is 10.7. The fourth-order valence-electron chi connectivity index (χ4n) is 3.30. The van der Waals surface area contributed by atoms with Crippen LogP contribution in [0, 0.1) is 5.92 Å². The van der Waals surface area contributed by atoms with E-state index in [9.17, 15) is 8.42 Å². The van der Waals surface area contributed by atoms with E-state index in [2.05, 4.69) is 10.0 Å². The van der Waals surface area contributed by atoms with Crippen LogP contribution in [0.15, 0.2) is 18.2 Å². The molecule has 0 radical (unpaired) electrons. The molecule has 1 aromatic rings. The normalized spacial score (nSPS) is 23.5. The summed E-state index contributed by atoms with van der Waals surface area (Å²) in [7, 11) is -3.27. The maximum absolute atomic E-state index is 12.3. The van der Waals surface area contributed by atoms with Gasteiger partial charge in [0.15, 0.2) is 11.5 Å². The molecule has 146 valence electrons. The first kappa shape index (κ1) is 19.3. The fraction of sp³-hybridized carbons (Fsp3) is 0.684. The zero-order valence-electron chi connectivity index (χ0n) is 15.9. The van der Waals surface area contributed by atoms with E-state index in [0.717, 1.165) is 49.4 Å². The maximum Gasteiger partial charge on any atom is 0.216 e. The topological polar surface area (TPSA) is 76.7 Å². The van der Waals surface area contributed by atoms with Crippen LogP contribution in [0.5, 0.6) is 11.5 Å². The smallest absolute Gasteiger partial charge is 0.216 e. The summed E-state index contributed by atoms with van der Waals surface area (Å²) in [5.41, 5.74) is 1.03. The van der Waals surface area contributed by atoms with E-state index in [0.29, 0.717) is 19.1 Å². The Labute approximate surface area is 156 Å². The third kappa shape index (κ3) is 4.62. The molecule has 1 fully saturated rings. The highest BCUT2D eigenvalue weighted by Gasteiger charge is 2.32. The van der Waals surface area contributed by atoms with Crippen LogP contribution in [-0.2, 0) is 10.0 Å². The molecule has 0 aromatic heterocycles. The quantitative estimate of drug-likeness (QED) is 0.818. The summed E-state index contributed by atoms with van der Waals surface area (Å²) >= 11 is 0. The number of hydrogen-bond donors (Lipinski definition) is 2. The van der Waals surface area contributed by atoms with E-state index < -0.39 is 14.8 Å². The Hall–Kier alpha value is -1.47. The average molecular weight is 383 g/mol. The Kier molecular flexibility index (Phi) is 5.67. The zero-order valence-corrected chi connectivity index (χ0v) is 16.7. The third-order valence-corrected chi connectivity index (χ3v) is 7.37. The SMILES string of the molecule is CC(C)(C)S(=O)(=O)NC1CCC(CNc2ccc3c(c2)OCCO3)CC1. The van der Waals surface area contributed by atoms with E-state index in [1.807, 2.05) is 18.2 Å². The van der Waals surface area contributed by atoms with Crippen molar-refractivity contribution in [3.05, 3.63) is 18.2 Å². The third-order valence-electron chi connectivity index (χ3n) is 5.11. The number of benzene rings is 1. The summed E-state index contributed by atoms with van der Waals surface area (Å²) < 4.78 is 37.8. The van der Waals surface area contributed by atoms with Crippen molar-refractivity contribution in [1.82, 2.24) is 4.72 Å². The number of nitrogens with one attached hydrogen (secondary N) is 2. The molecule has 26 heavy (non-hydrogen) atoms. The minimum absolute atomic E-state index is 0.0600. The van der Waals surface area contributed by atoms with Crippen molar-refractivity contribution in [1.29, 1.82) is 0 Å². The van der Waals surface area contributed by atoms with Gasteiger partial charge in [-0.05, 0) is 64.5 Å². The first-order valence-corrected chi connectivity index (χ1v) is 10.9. The van der Waals surface area contributed by atoms with E-state index >= 15 is 0 Å². The van der Waals surface area contributed by atoms with Gasteiger partial charge in [-0.25, -0.2) is 13.1 Å². The van der Waals surface area contributed by atoms with Crippen LogP contribution < -0.4 is 19.5 Å². The molecule has 0 atom stereocenters. The molecule has 0 amide bonds. The molecule has 1 aromatic carbocycles. The van der Waals surface area contributed by atoms with Crippen molar-refractivity contribution in [2.24, 2.45) is 5.92 Å². The van der Waals surface area contributed by atoms with Gasteiger partial charge in [0, 0.05) is 24.3 Å². The van der Waals surface area contributed by atoms with Crippen molar-refractivity contribution >= 4 is 15.7 Å². The molecule has 1 aliphatic carbocycles. The lowest BCUT2D eigenvalue weighted by molar-refractivity contribution is 0.171. The lowest BCUT2D eigenvalue weighted by Crippen LogP contribution is -2.46. The van der Waals surface area contributed by atoms with E-state index in [1.54, 1.807) is 20.8 Å².